The molecule has 0 N–H and O–H groups in total. The van der Waals surface area contributed by atoms with Crippen molar-refractivity contribution < 1.29 is 0 Å². The van der Waals surface area contributed by atoms with E-state index < -0.39 is 0 Å². The molecule has 0 spiro atoms. The Hall–Kier alpha value is -1.40. The number of halogens is 1. The lowest BCUT2D eigenvalue weighted by molar-refractivity contribution is 0.827. The van der Waals surface area contributed by atoms with Crippen LogP contribution in [0.5, 0.6) is 0 Å². The van der Waals surface area contributed by atoms with Crippen molar-refractivity contribution in [3.63, 3.8) is 0 Å². The monoisotopic (exact) mass is 288 g/mol. The lowest BCUT2D eigenvalue weighted by Crippen LogP contribution is -1.97. The topological polar surface area (TPSA) is 36.7 Å². The second-order valence-corrected chi connectivity index (χ2v) is 5.19. The number of fused-ring (bicyclic) bond motifs is 1. The maximum absolute atomic E-state index is 8.90. The van der Waals surface area contributed by atoms with E-state index in [2.05, 4.69) is 40.8 Å². The maximum Gasteiger partial charge on any atom is 0.0850 e. The summed E-state index contributed by atoms with van der Waals surface area (Å²) in [6, 6.07) is 10.2. The fourth-order valence-corrected chi connectivity index (χ4v) is 2.29. The molecular formula is C14H13BrN2. The lowest BCUT2D eigenvalue weighted by atomic mass is 10.0. The largest absolute Gasteiger partial charge is 0.251 e. The molecule has 86 valence electrons. The Morgan fingerprint density at radius 2 is 2.18 bits per heavy atom. The predicted octanol–water partition coefficient (Wildman–Crippen LogP) is 4.19. The fraction of sp³-hybridized carbons (Fsp3) is 0.286. The Bertz CT molecular complexity index is 597. The molecule has 2 aromatic rings. The molecule has 0 saturated heterocycles. The van der Waals surface area contributed by atoms with Gasteiger partial charge in [-0.1, -0.05) is 26.0 Å². The zero-order valence-corrected chi connectivity index (χ0v) is 11.5. The van der Waals surface area contributed by atoms with E-state index >= 15 is 0 Å². The molecule has 0 aliphatic carbocycles. The first-order valence-corrected chi connectivity index (χ1v) is 6.37. The van der Waals surface area contributed by atoms with E-state index in [1.54, 1.807) is 0 Å². The van der Waals surface area contributed by atoms with Crippen LogP contribution in [0.4, 0.5) is 0 Å². The number of hydrogen-bond donors (Lipinski definition) is 0. The summed E-state index contributed by atoms with van der Waals surface area (Å²) >= 11 is 3.52. The third kappa shape index (κ3) is 2.32. The summed E-state index contributed by atoms with van der Waals surface area (Å²) in [4.78, 5) is 4.66. The smallest absolute Gasteiger partial charge is 0.0850 e. The van der Waals surface area contributed by atoms with Crippen molar-refractivity contribution in [3.05, 3.63) is 40.0 Å². The van der Waals surface area contributed by atoms with Gasteiger partial charge in [-0.25, -0.2) is 0 Å². The van der Waals surface area contributed by atoms with Gasteiger partial charge in [0, 0.05) is 15.6 Å². The van der Waals surface area contributed by atoms with Gasteiger partial charge in [0.25, 0.3) is 0 Å². The van der Waals surface area contributed by atoms with Crippen molar-refractivity contribution in [1.29, 1.82) is 5.26 Å². The second-order valence-electron chi connectivity index (χ2n) is 4.33. The van der Waals surface area contributed by atoms with Crippen LogP contribution in [0.25, 0.3) is 10.9 Å². The van der Waals surface area contributed by atoms with Crippen molar-refractivity contribution in [2.75, 3.05) is 0 Å². The average molecular weight is 289 g/mol. The van der Waals surface area contributed by atoms with Crippen LogP contribution in [0.3, 0.4) is 0 Å². The lowest BCUT2D eigenvalue weighted by Gasteiger charge is -2.10. The zero-order chi connectivity index (χ0) is 12.4. The summed E-state index contributed by atoms with van der Waals surface area (Å²) in [7, 11) is 0. The molecule has 0 unspecified atom stereocenters. The first-order chi connectivity index (χ1) is 8.13. The Kier molecular flexibility index (Phi) is 3.44. The molecule has 2 rings (SSSR count). The van der Waals surface area contributed by atoms with Crippen LogP contribution in [-0.2, 0) is 6.42 Å². The number of nitriles is 1. The van der Waals surface area contributed by atoms with E-state index in [0.717, 1.165) is 26.6 Å². The molecule has 3 heteroatoms. The molecule has 1 aromatic heterocycles. The quantitative estimate of drug-likeness (QED) is 0.831. The van der Waals surface area contributed by atoms with E-state index in [1.807, 2.05) is 24.3 Å². The average Bonchev–Trinajstić information content (AvgIpc) is 2.30. The number of pyridine rings is 1. The molecule has 1 heterocycles. The van der Waals surface area contributed by atoms with Gasteiger partial charge in [0.15, 0.2) is 0 Å². The van der Waals surface area contributed by atoms with Crippen molar-refractivity contribution in [1.82, 2.24) is 4.98 Å². The van der Waals surface area contributed by atoms with E-state index in [0.29, 0.717) is 12.3 Å². The van der Waals surface area contributed by atoms with Gasteiger partial charge in [0.2, 0.25) is 0 Å². The summed E-state index contributed by atoms with van der Waals surface area (Å²) in [6.07, 6.45) is 0.426. The van der Waals surface area contributed by atoms with Crippen LogP contribution >= 0.6 is 15.9 Å². The Morgan fingerprint density at radius 1 is 1.41 bits per heavy atom. The molecule has 17 heavy (non-hydrogen) atoms. The highest BCUT2D eigenvalue weighted by molar-refractivity contribution is 9.10. The SMILES string of the molecule is CC(C)c1cc(CC#N)c2cccc(Br)c2n1. The number of nitrogens with zero attached hydrogens (tertiary/aromatic N) is 2. The van der Waals surface area contributed by atoms with Gasteiger partial charge in [-0.05, 0) is 39.5 Å². The molecule has 0 amide bonds. The van der Waals surface area contributed by atoms with E-state index in [-0.39, 0.29) is 0 Å². The number of hydrogen-bond acceptors (Lipinski definition) is 2. The molecule has 2 nitrogen and oxygen atoms in total. The molecule has 0 atom stereocenters. The van der Waals surface area contributed by atoms with Gasteiger partial charge in [-0.2, -0.15) is 5.26 Å². The molecule has 0 aliphatic rings. The third-order valence-electron chi connectivity index (χ3n) is 2.76. The van der Waals surface area contributed by atoms with Crippen molar-refractivity contribution in [2.24, 2.45) is 0 Å². The summed E-state index contributed by atoms with van der Waals surface area (Å²) in [6.45, 7) is 4.22. The maximum atomic E-state index is 8.90. The van der Waals surface area contributed by atoms with E-state index in [1.165, 1.54) is 0 Å². The number of para-hydroxylation sites is 1. The van der Waals surface area contributed by atoms with Crippen molar-refractivity contribution in [3.8, 4) is 6.07 Å². The standard InChI is InChI=1S/C14H13BrN2/c1-9(2)13-8-10(6-7-16)11-4-3-5-12(15)14(11)17-13/h3-5,8-9H,6H2,1-2H3. The highest BCUT2D eigenvalue weighted by Crippen LogP contribution is 2.27. The van der Waals surface area contributed by atoms with Gasteiger partial charge < -0.3 is 0 Å². The molecule has 1 aromatic carbocycles. The highest BCUT2D eigenvalue weighted by atomic mass is 79.9. The summed E-state index contributed by atoms with van der Waals surface area (Å²) in [5.41, 5.74) is 3.04. The van der Waals surface area contributed by atoms with E-state index in [4.69, 9.17) is 5.26 Å². The van der Waals surface area contributed by atoms with Crippen LogP contribution < -0.4 is 0 Å². The van der Waals surface area contributed by atoms with Crippen LogP contribution in [0.2, 0.25) is 0 Å². The predicted molar refractivity (Wildman–Crippen MR) is 72.8 cm³/mol. The van der Waals surface area contributed by atoms with Crippen LogP contribution in [0, 0.1) is 11.3 Å². The van der Waals surface area contributed by atoms with E-state index in [9.17, 15) is 0 Å². The minimum absolute atomic E-state index is 0.365. The second kappa shape index (κ2) is 4.85. The van der Waals surface area contributed by atoms with Gasteiger partial charge in [-0.3, -0.25) is 4.98 Å². The van der Waals surface area contributed by atoms with Gasteiger partial charge in [0.1, 0.15) is 0 Å². The van der Waals surface area contributed by atoms with Crippen molar-refractivity contribution in [2.45, 2.75) is 26.2 Å². The molecule has 0 radical (unpaired) electrons. The number of rotatable bonds is 2. The Balaban J connectivity index is 2.77. The summed E-state index contributed by atoms with van der Waals surface area (Å²) in [5.74, 6) is 0.365. The van der Waals surface area contributed by atoms with Gasteiger partial charge in [-0.15, -0.1) is 0 Å². The third-order valence-corrected chi connectivity index (χ3v) is 3.40. The molecule has 0 bridgehead atoms. The van der Waals surface area contributed by atoms with Crippen LogP contribution in [0.1, 0.15) is 31.0 Å². The summed E-state index contributed by atoms with van der Waals surface area (Å²) < 4.78 is 0.983. The number of aromatic nitrogens is 1. The van der Waals surface area contributed by atoms with Crippen LogP contribution in [-0.4, -0.2) is 4.98 Å². The summed E-state index contributed by atoms with van der Waals surface area (Å²) in [5, 5.41) is 9.96. The molecule has 0 aliphatic heterocycles. The first-order valence-electron chi connectivity index (χ1n) is 5.58. The molecule has 0 fully saturated rings. The zero-order valence-electron chi connectivity index (χ0n) is 9.87. The molecular weight excluding hydrogens is 276 g/mol. The number of benzene rings is 1. The minimum Gasteiger partial charge on any atom is -0.251 e. The molecule has 0 saturated carbocycles. The Labute approximate surface area is 109 Å². The van der Waals surface area contributed by atoms with Crippen molar-refractivity contribution >= 4 is 26.8 Å². The van der Waals surface area contributed by atoms with Gasteiger partial charge >= 0.3 is 0 Å². The van der Waals surface area contributed by atoms with Crippen LogP contribution in [0.15, 0.2) is 28.7 Å². The first kappa shape index (κ1) is 12.1. The normalized spacial score (nSPS) is 10.8. The highest BCUT2D eigenvalue weighted by Gasteiger charge is 2.10. The Morgan fingerprint density at radius 3 is 2.82 bits per heavy atom. The fourth-order valence-electron chi connectivity index (χ4n) is 1.83. The minimum atomic E-state index is 0.365. The van der Waals surface area contributed by atoms with Gasteiger partial charge in [0.05, 0.1) is 18.0 Å².